The molecule has 2 heterocycles. The third-order valence-electron chi connectivity index (χ3n) is 4.01. The van der Waals surface area contributed by atoms with Gasteiger partial charge in [-0.05, 0) is 56.9 Å². The quantitative estimate of drug-likeness (QED) is 0.931. The molecule has 0 radical (unpaired) electrons. The first-order valence-electron chi connectivity index (χ1n) is 7.57. The molecule has 0 aliphatic carbocycles. The number of anilines is 3. The molecule has 1 N–H and O–H groups in total. The Balaban J connectivity index is 1.85. The lowest BCUT2D eigenvalue weighted by Crippen LogP contribution is -2.21. The third-order valence-corrected chi connectivity index (χ3v) is 4.01. The van der Waals surface area contributed by atoms with Crippen LogP contribution in [-0.4, -0.2) is 23.1 Å². The van der Waals surface area contributed by atoms with Gasteiger partial charge in [-0.2, -0.15) is 4.98 Å². The minimum atomic E-state index is 0.846. The van der Waals surface area contributed by atoms with Crippen molar-refractivity contribution in [1.29, 1.82) is 0 Å². The number of benzene rings is 1. The van der Waals surface area contributed by atoms with E-state index in [2.05, 4.69) is 52.2 Å². The Morgan fingerprint density at radius 3 is 2.43 bits per heavy atom. The van der Waals surface area contributed by atoms with E-state index in [1.165, 1.54) is 24.0 Å². The van der Waals surface area contributed by atoms with Crippen LogP contribution in [0.4, 0.5) is 17.5 Å². The van der Waals surface area contributed by atoms with Gasteiger partial charge in [-0.15, -0.1) is 0 Å². The molecule has 1 aromatic heterocycles. The predicted octanol–water partition coefficient (Wildman–Crippen LogP) is 3.75. The molecule has 1 aliphatic heterocycles. The van der Waals surface area contributed by atoms with Crippen LogP contribution in [0.25, 0.3) is 0 Å². The largest absolute Gasteiger partial charge is 0.341 e. The van der Waals surface area contributed by atoms with Gasteiger partial charge in [0.05, 0.1) is 0 Å². The van der Waals surface area contributed by atoms with Gasteiger partial charge in [-0.1, -0.05) is 6.07 Å². The van der Waals surface area contributed by atoms with Gasteiger partial charge in [0.15, 0.2) is 0 Å². The summed E-state index contributed by atoms with van der Waals surface area (Å²) < 4.78 is 0. The highest BCUT2D eigenvalue weighted by Crippen LogP contribution is 2.22. The zero-order valence-electron chi connectivity index (χ0n) is 13.0. The van der Waals surface area contributed by atoms with Crippen molar-refractivity contribution in [2.75, 3.05) is 23.3 Å². The van der Waals surface area contributed by atoms with Gasteiger partial charge in [-0.25, -0.2) is 4.98 Å². The molecule has 4 heteroatoms. The number of aryl methyl sites for hydroxylation is 3. The summed E-state index contributed by atoms with van der Waals surface area (Å²) in [6.45, 7) is 8.40. The highest BCUT2D eigenvalue weighted by Gasteiger charge is 2.16. The molecule has 4 nitrogen and oxygen atoms in total. The molecule has 1 aliphatic rings. The van der Waals surface area contributed by atoms with E-state index in [1.54, 1.807) is 0 Å². The van der Waals surface area contributed by atoms with E-state index in [-0.39, 0.29) is 0 Å². The fourth-order valence-electron chi connectivity index (χ4n) is 2.64. The lowest BCUT2D eigenvalue weighted by atomic mass is 10.1. The van der Waals surface area contributed by atoms with Crippen molar-refractivity contribution in [2.45, 2.75) is 33.6 Å². The van der Waals surface area contributed by atoms with E-state index >= 15 is 0 Å². The maximum atomic E-state index is 4.67. The summed E-state index contributed by atoms with van der Waals surface area (Å²) in [5, 5.41) is 3.40. The second kappa shape index (κ2) is 5.72. The van der Waals surface area contributed by atoms with Gasteiger partial charge >= 0.3 is 0 Å². The summed E-state index contributed by atoms with van der Waals surface area (Å²) in [5.41, 5.74) is 4.66. The molecule has 0 unspecified atom stereocenters. The molecule has 0 atom stereocenters. The van der Waals surface area contributed by atoms with E-state index < -0.39 is 0 Å². The van der Waals surface area contributed by atoms with Gasteiger partial charge in [0, 0.05) is 30.5 Å². The molecule has 3 rings (SSSR count). The molecule has 1 fully saturated rings. The van der Waals surface area contributed by atoms with E-state index in [0.29, 0.717) is 0 Å². The molecule has 1 saturated heterocycles. The molecular weight excluding hydrogens is 260 g/mol. The highest BCUT2D eigenvalue weighted by atomic mass is 15.3. The lowest BCUT2D eigenvalue weighted by molar-refractivity contribution is 0.891. The van der Waals surface area contributed by atoms with Crippen LogP contribution in [0.2, 0.25) is 0 Å². The second-order valence-corrected chi connectivity index (χ2v) is 5.81. The van der Waals surface area contributed by atoms with Crippen LogP contribution in [0, 0.1) is 20.8 Å². The molecular formula is C17H22N4. The van der Waals surface area contributed by atoms with Gasteiger partial charge in [0.25, 0.3) is 0 Å². The van der Waals surface area contributed by atoms with Gasteiger partial charge < -0.3 is 10.2 Å². The molecule has 0 bridgehead atoms. The van der Waals surface area contributed by atoms with E-state index in [1.807, 2.05) is 13.0 Å². The zero-order chi connectivity index (χ0) is 14.8. The predicted molar refractivity (Wildman–Crippen MR) is 87.4 cm³/mol. The summed E-state index contributed by atoms with van der Waals surface area (Å²) in [7, 11) is 0. The summed E-state index contributed by atoms with van der Waals surface area (Å²) in [4.78, 5) is 11.5. The minimum absolute atomic E-state index is 0.846. The first kappa shape index (κ1) is 13.9. The maximum absolute atomic E-state index is 4.67. The number of nitrogens with one attached hydrogen (secondary N) is 1. The van der Waals surface area contributed by atoms with Crippen molar-refractivity contribution in [3.05, 3.63) is 41.1 Å². The van der Waals surface area contributed by atoms with Crippen LogP contribution in [-0.2, 0) is 0 Å². The Morgan fingerprint density at radius 1 is 0.952 bits per heavy atom. The van der Waals surface area contributed by atoms with Crippen molar-refractivity contribution >= 4 is 17.5 Å². The average Bonchev–Trinajstić information content (AvgIpc) is 2.96. The van der Waals surface area contributed by atoms with Gasteiger partial charge in [0.1, 0.15) is 5.82 Å². The summed E-state index contributed by atoms with van der Waals surface area (Å²) in [5.74, 6) is 1.71. The van der Waals surface area contributed by atoms with Crippen LogP contribution < -0.4 is 10.2 Å². The van der Waals surface area contributed by atoms with Crippen molar-refractivity contribution in [1.82, 2.24) is 9.97 Å². The molecule has 110 valence electrons. The number of nitrogens with zero attached hydrogens (tertiary/aromatic N) is 3. The number of rotatable bonds is 3. The zero-order valence-corrected chi connectivity index (χ0v) is 13.0. The Kier molecular flexibility index (Phi) is 3.78. The van der Waals surface area contributed by atoms with Crippen LogP contribution in [0.15, 0.2) is 24.3 Å². The van der Waals surface area contributed by atoms with E-state index in [0.717, 1.165) is 36.2 Å². The SMILES string of the molecule is Cc1cc(Nc2ccc(C)c(C)c2)nc(N2CCCC2)n1. The Labute approximate surface area is 126 Å². The smallest absolute Gasteiger partial charge is 0.227 e. The van der Waals surface area contributed by atoms with Crippen LogP contribution in [0.1, 0.15) is 29.7 Å². The first-order valence-corrected chi connectivity index (χ1v) is 7.57. The monoisotopic (exact) mass is 282 g/mol. The van der Waals surface area contributed by atoms with Crippen LogP contribution >= 0.6 is 0 Å². The normalized spacial score (nSPS) is 14.5. The summed E-state index contributed by atoms with van der Waals surface area (Å²) in [6.07, 6.45) is 2.47. The van der Waals surface area contributed by atoms with Gasteiger partial charge in [0.2, 0.25) is 5.95 Å². The second-order valence-electron chi connectivity index (χ2n) is 5.81. The van der Waals surface area contributed by atoms with E-state index in [9.17, 15) is 0 Å². The standard InChI is InChI=1S/C17H22N4/c1-12-6-7-15(10-13(12)2)19-16-11-14(3)18-17(20-16)21-8-4-5-9-21/h6-7,10-11H,4-5,8-9H2,1-3H3,(H,18,19,20). The first-order chi connectivity index (χ1) is 10.1. The Hall–Kier alpha value is -2.10. The van der Waals surface area contributed by atoms with E-state index in [4.69, 9.17) is 0 Å². The fourth-order valence-corrected chi connectivity index (χ4v) is 2.64. The number of hydrogen-bond donors (Lipinski definition) is 1. The lowest BCUT2D eigenvalue weighted by Gasteiger charge is -2.17. The molecule has 0 amide bonds. The van der Waals surface area contributed by atoms with Crippen molar-refractivity contribution < 1.29 is 0 Å². The Morgan fingerprint density at radius 2 is 1.71 bits per heavy atom. The maximum Gasteiger partial charge on any atom is 0.227 e. The number of hydrogen-bond acceptors (Lipinski definition) is 4. The number of aromatic nitrogens is 2. The molecule has 0 saturated carbocycles. The minimum Gasteiger partial charge on any atom is -0.341 e. The Bertz CT molecular complexity index is 645. The molecule has 0 spiro atoms. The molecule has 1 aromatic carbocycles. The summed E-state index contributed by atoms with van der Waals surface area (Å²) >= 11 is 0. The average molecular weight is 282 g/mol. The fraction of sp³-hybridized carbons (Fsp3) is 0.412. The van der Waals surface area contributed by atoms with Crippen molar-refractivity contribution in [2.24, 2.45) is 0 Å². The molecule has 2 aromatic rings. The van der Waals surface area contributed by atoms with Crippen LogP contribution in [0.3, 0.4) is 0 Å². The van der Waals surface area contributed by atoms with Gasteiger partial charge in [-0.3, -0.25) is 0 Å². The molecule has 21 heavy (non-hydrogen) atoms. The highest BCUT2D eigenvalue weighted by molar-refractivity contribution is 5.59. The van der Waals surface area contributed by atoms with Crippen molar-refractivity contribution in [3.63, 3.8) is 0 Å². The third kappa shape index (κ3) is 3.15. The summed E-state index contributed by atoms with van der Waals surface area (Å²) in [6, 6.07) is 8.37. The van der Waals surface area contributed by atoms with Crippen molar-refractivity contribution in [3.8, 4) is 0 Å². The topological polar surface area (TPSA) is 41.1 Å². The van der Waals surface area contributed by atoms with Crippen LogP contribution in [0.5, 0.6) is 0 Å².